The molecule has 0 bridgehead atoms. The Morgan fingerprint density at radius 1 is 1.11 bits per heavy atom. The molecule has 12 heteroatoms. The molecule has 1 aliphatic carbocycles. The van der Waals surface area contributed by atoms with E-state index in [1.54, 1.807) is 0 Å². The second kappa shape index (κ2) is 7.12. The Morgan fingerprint density at radius 2 is 1.64 bits per heavy atom. The van der Waals surface area contributed by atoms with E-state index in [1.165, 1.54) is 0 Å². The van der Waals surface area contributed by atoms with Crippen LogP contribution >= 0.6 is 0 Å². The second-order valence-electron chi connectivity index (χ2n) is 6.92. The van der Waals surface area contributed by atoms with Crippen LogP contribution in [0.3, 0.4) is 0 Å². The van der Waals surface area contributed by atoms with Crippen LogP contribution in [0.1, 0.15) is 38.5 Å². The van der Waals surface area contributed by atoms with Crippen LogP contribution in [0.15, 0.2) is 12.7 Å². The van der Waals surface area contributed by atoms with E-state index in [2.05, 4.69) is 16.1 Å². The van der Waals surface area contributed by atoms with Crippen LogP contribution < -0.4 is 0 Å². The van der Waals surface area contributed by atoms with Gasteiger partial charge in [0, 0.05) is 18.4 Å². The predicted octanol–water partition coefficient (Wildman–Crippen LogP) is 4.27. The number of alkyl halides is 8. The summed E-state index contributed by atoms with van der Waals surface area (Å²) in [4.78, 5) is 11.7. The van der Waals surface area contributed by atoms with Crippen molar-refractivity contribution in [3.8, 4) is 0 Å². The number of esters is 1. The normalized spacial score (nSPS) is 34.7. The lowest BCUT2D eigenvalue weighted by Gasteiger charge is -2.55. The number of aliphatic hydroxyl groups is 1. The van der Waals surface area contributed by atoms with E-state index in [0.29, 0.717) is 12.5 Å². The predicted molar refractivity (Wildman–Crippen MR) is 77.1 cm³/mol. The Labute approximate surface area is 154 Å². The zero-order valence-corrected chi connectivity index (χ0v) is 14.4. The minimum atomic E-state index is -6.30. The van der Waals surface area contributed by atoms with Gasteiger partial charge >= 0.3 is 30.0 Å². The maximum Gasteiger partial charge on any atom is 0.449 e. The second-order valence-corrected chi connectivity index (χ2v) is 6.92. The van der Waals surface area contributed by atoms with Gasteiger partial charge in [-0.05, 0) is 12.8 Å². The summed E-state index contributed by atoms with van der Waals surface area (Å²) in [7, 11) is 0. The van der Waals surface area contributed by atoms with Crippen molar-refractivity contribution < 1.29 is 54.5 Å². The molecule has 0 spiro atoms. The lowest BCUT2D eigenvalue weighted by Crippen LogP contribution is -2.78. The third kappa shape index (κ3) is 3.49. The molecule has 1 aliphatic heterocycles. The number of rotatable bonds is 3. The summed E-state index contributed by atoms with van der Waals surface area (Å²) in [5, 5.41) is 9.71. The highest BCUT2D eigenvalue weighted by Gasteiger charge is 2.84. The van der Waals surface area contributed by atoms with Crippen LogP contribution in [0.25, 0.3) is 0 Å². The first-order valence-electron chi connectivity index (χ1n) is 8.39. The molecule has 1 heterocycles. The van der Waals surface area contributed by atoms with Crippen molar-refractivity contribution >= 4 is 5.97 Å². The summed E-state index contributed by atoms with van der Waals surface area (Å²) in [6, 6.07) is 0. The fourth-order valence-corrected chi connectivity index (χ4v) is 3.84. The lowest BCUT2D eigenvalue weighted by atomic mass is 9.67. The van der Waals surface area contributed by atoms with Gasteiger partial charge in [0.05, 0.1) is 0 Å². The zero-order valence-electron chi connectivity index (χ0n) is 14.4. The summed E-state index contributed by atoms with van der Waals surface area (Å²) < 4.78 is 118. The van der Waals surface area contributed by atoms with Crippen molar-refractivity contribution in [1.82, 2.24) is 0 Å². The Morgan fingerprint density at radius 3 is 2.07 bits per heavy atom. The van der Waals surface area contributed by atoms with Crippen molar-refractivity contribution in [2.75, 3.05) is 0 Å². The van der Waals surface area contributed by atoms with Crippen LogP contribution in [-0.2, 0) is 14.3 Å². The van der Waals surface area contributed by atoms with Gasteiger partial charge in [0.15, 0.2) is 11.7 Å². The van der Waals surface area contributed by atoms with Crippen LogP contribution in [0.2, 0.25) is 0 Å². The first-order valence-corrected chi connectivity index (χ1v) is 8.39. The lowest BCUT2D eigenvalue weighted by molar-refractivity contribution is -0.501. The van der Waals surface area contributed by atoms with Gasteiger partial charge in [-0.2, -0.15) is 35.1 Å². The molecular formula is C16H18F8O4. The topological polar surface area (TPSA) is 55.8 Å². The summed E-state index contributed by atoms with van der Waals surface area (Å²) in [6.45, 7) is 2.95. The molecule has 2 aliphatic rings. The van der Waals surface area contributed by atoms with Gasteiger partial charge in [-0.15, -0.1) is 0 Å². The highest BCUT2D eigenvalue weighted by molar-refractivity contribution is 5.81. The van der Waals surface area contributed by atoms with Gasteiger partial charge < -0.3 is 14.6 Å². The van der Waals surface area contributed by atoms with Gasteiger partial charge in [-0.25, -0.2) is 4.79 Å². The number of hydrogen-bond donors (Lipinski definition) is 1. The van der Waals surface area contributed by atoms with E-state index in [1.807, 2.05) is 0 Å². The third-order valence-corrected chi connectivity index (χ3v) is 5.22. The van der Waals surface area contributed by atoms with Gasteiger partial charge in [0.2, 0.25) is 0 Å². The van der Waals surface area contributed by atoms with Gasteiger partial charge in [0.25, 0.3) is 0 Å². The van der Waals surface area contributed by atoms with Crippen LogP contribution in [0.5, 0.6) is 0 Å². The van der Waals surface area contributed by atoms with Crippen LogP contribution in [0, 0.1) is 5.92 Å². The molecule has 0 radical (unpaired) electrons. The highest BCUT2D eigenvalue weighted by atomic mass is 19.4. The number of carbonyl (C=O) groups is 1. The Kier molecular flexibility index (Phi) is 5.81. The van der Waals surface area contributed by atoms with E-state index < -0.39 is 54.1 Å². The van der Waals surface area contributed by atoms with Crippen molar-refractivity contribution in [2.45, 2.75) is 74.3 Å². The molecule has 1 N–H and O–H groups in total. The first kappa shape index (κ1) is 22.9. The Bertz CT molecular complexity index is 611. The fraction of sp³-hybridized carbons (Fsp3) is 0.812. The van der Waals surface area contributed by atoms with Crippen molar-refractivity contribution in [3.05, 3.63) is 12.7 Å². The maximum atomic E-state index is 15.1. The van der Waals surface area contributed by atoms with Crippen molar-refractivity contribution in [3.63, 3.8) is 0 Å². The highest BCUT2D eigenvalue weighted by Crippen LogP contribution is 2.60. The molecular weight excluding hydrogens is 408 g/mol. The van der Waals surface area contributed by atoms with Crippen molar-refractivity contribution in [1.29, 1.82) is 0 Å². The molecule has 2 rings (SSSR count). The number of hydrogen-bond acceptors (Lipinski definition) is 4. The van der Waals surface area contributed by atoms with Crippen LogP contribution in [0.4, 0.5) is 35.1 Å². The number of ether oxygens (including phenoxy) is 2. The minimum absolute atomic E-state index is 0.210. The standard InChI is InChI=1S/C16H18F8O4/c1-2-11(25)28-12(9-6-4-3-5-7-9)8-10(13(17,18)19)27-15(26,14(12,20)21)16(22,23)24/h2,9-10,26H,1,3-8H2. The molecule has 1 saturated heterocycles. The van der Waals surface area contributed by atoms with Crippen LogP contribution in [-0.4, -0.2) is 46.8 Å². The van der Waals surface area contributed by atoms with E-state index in [0.717, 1.165) is 0 Å². The van der Waals surface area contributed by atoms with E-state index >= 15 is 8.78 Å². The van der Waals surface area contributed by atoms with E-state index in [9.17, 15) is 36.2 Å². The smallest absolute Gasteiger partial charge is 0.449 e. The molecule has 0 aromatic heterocycles. The van der Waals surface area contributed by atoms with Gasteiger partial charge in [-0.3, -0.25) is 0 Å². The minimum Gasteiger partial charge on any atom is -0.449 e. The summed E-state index contributed by atoms with van der Waals surface area (Å²) in [5.74, 6) is -14.1. The molecule has 3 atom stereocenters. The molecule has 0 amide bonds. The molecule has 28 heavy (non-hydrogen) atoms. The summed E-state index contributed by atoms with van der Waals surface area (Å²) in [6.07, 6.45) is -16.1. The summed E-state index contributed by atoms with van der Waals surface area (Å²) in [5.41, 5.74) is -3.58. The Balaban J connectivity index is 2.72. The van der Waals surface area contributed by atoms with E-state index in [-0.39, 0.29) is 25.7 Å². The molecule has 0 aromatic carbocycles. The monoisotopic (exact) mass is 426 g/mol. The third-order valence-electron chi connectivity index (χ3n) is 5.22. The fourth-order valence-electron chi connectivity index (χ4n) is 3.84. The molecule has 3 unspecified atom stereocenters. The molecule has 162 valence electrons. The van der Waals surface area contributed by atoms with Crippen molar-refractivity contribution in [2.24, 2.45) is 5.92 Å². The largest absolute Gasteiger partial charge is 0.449 e. The molecule has 4 nitrogen and oxygen atoms in total. The maximum absolute atomic E-state index is 15.1. The quantitative estimate of drug-likeness (QED) is 0.416. The molecule has 1 saturated carbocycles. The number of carbonyl (C=O) groups excluding carboxylic acids is 1. The Hall–Kier alpha value is -1.43. The van der Waals surface area contributed by atoms with Gasteiger partial charge in [0.1, 0.15) is 0 Å². The summed E-state index contributed by atoms with van der Waals surface area (Å²) >= 11 is 0. The van der Waals surface area contributed by atoms with Gasteiger partial charge in [-0.1, -0.05) is 25.8 Å². The van der Waals surface area contributed by atoms with E-state index in [4.69, 9.17) is 0 Å². The average molecular weight is 426 g/mol. The average Bonchev–Trinajstić information content (AvgIpc) is 2.57. The number of halogens is 8. The SMILES string of the molecule is C=CC(=O)OC1(C2CCCCC2)CC(C(F)(F)F)OC(O)(C(F)(F)F)C1(F)F. The first-order chi connectivity index (χ1) is 12.6. The molecule has 2 fully saturated rings. The molecule has 0 aromatic rings. The zero-order chi connectivity index (χ0) is 21.6.